The van der Waals surface area contributed by atoms with Crippen molar-refractivity contribution in [3.63, 3.8) is 0 Å². The molecule has 3 aromatic rings. The first-order valence-corrected chi connectivity index (χ1v) is 5.85. The molecule has 0 atom stereocenters. The lowest BCUT2D eigenvalue weighted by molar-refractivity contribution is 0.771. The minimum absolute atomic E-state index is 0.841. The number of para-hydroxylation sites is 1. The summed E-state index contributed by atoms with van der Waals surface area (Å²) >= 11 is 0. The van der Waals surface area contributed by atoms with E-state index in [9.17, 15) is 0 Å². The predicted octanol–water partition coefficient (Wildman–Crippen LogP) is 3.02. The van der Waals surface area contributed by atoms with Crippen LogP contribution in [0, 0.1) is 6.92 Å². The highest BCUT2D eigenvalue weighted by atomic mass is 15.3. The Morgan fingerprint density at radius 2 is 2.00 bits per heavy atom. The normalized spacial score (nSPS) is 10.8. The number of nitrogens with one attached hydrogen (secondary N) is 1. The van der Waals surface area contributed by atoms with Gasteiger partial charge in [0.1, 0.15) is 0 Å². The molecule has 1 aromatic carbocycles. The van der Waals surface area contributed by atoms with Crippen molar-refractivity contribution in [3.8, 4) is 0 Å². The smallest absolute Gasteiger partial charge is 0.152 e. The highest BCUT2D eigenvalue weighted by Gasteiger charge is 2.05. The third-order valence-corrected chi connectivity index (χ3v) is 2.82. The monoisotopic (exact) mass is 238 g/mol. The summed E-state index contributed by atoms with van der Waals surface area (Å²) in [6.45, 7) is 2.00. The molecule has 4 nitrogen and oxygen atoms in total. The second kappa shape index (κ2) is 4.14. The maximum Gasteiger partial charge on any atom is 0.152 e. The maximum absolute atomic E-state index is 4.52. The van der Waals surface area contributed by atoms with Gasteiger partial charge in [-0.1, -0.05) is 18.2 Å². The lowest BCUT2D eigenvalue weighted by Gasteiger charge is -2.08. The topological polar surface area (TPSA) is 42.7 Å². The van der Waals surface area contributed by atoms with E-state index in [-0.39, 0.29) is 0 Å². The van der Waals surface area contributed by atoms with Gasteiger partial charge in [0.05, 0.1) is 11.2 Å². The standard InChI is InChI=1S/C14H14N4/c1-10-9-13(16-14-7-8-18(2)17-14)11-5-3-4-6-12(11)15-10/h3-9H,1-2H3,(H,15,16,17). The Hall–Kier alpha value is -2.36. The lowest BCUT2D eigenvalue weighted by atomic mass is 10.1. The highest BCUT2D eigenvalue weighted by molar-refractivity contribution is 5.92. The van der Waals surface area contributed by atoms with E-state index in [0.29, 0.717) is 0 Å². The largest absolute Gasteiger partial charge is 0.338 e. The van der Waals surface area contributed by atoms with Gasteiger partial charge in [-0.15, -0.1) is 0 Å². The summed E-state index contributed by atoms with van der Waals surface area (Å²) in [4.78, 5) is 4.52. The summed E-state index contributed by atoms with van der Waals surface area (Å²) < 4.78 is 1.78. The van der Waals surface area contributed by atoms with E-state index in [1.165, 1.54) is 0 Å². The molecule has 4 heteroatoms. The van der Waals surface area contributed by atoms with Gasteiger partial charge >= 0.3 is 0 Å². The number of fused-ring (bicyclic) bond motifs is 1. The quantitative estimate of drug-likeness (QED) is 0.746. The zero-order valence-electron chi connectivity index (χ0n) is 10.4. The van der Waals surface area contributed by atoms with Gasteiger partial charge in [-0.2, -0.15) is 5.10 Å². The minimum atomic E-state index is 0.841. The molecule has 2 heterocycles. The van der Waals surface area contributed by atoms with E-state index in [2.05, 4.69) is 21.5 Å². The molecular formula is C14H14N4. The van der Waals surface area contributed by atoms with Crippen LogP contribution in [0.3, 0.4) is 0 Å². The van der Waals surface area contributed by atoms with Crippen molar-refractivity contribution in [3.05, 3.63) is 48.3 Å². The van der Waals surface area contributed by atoms with Crippen LogP contribution < -0.4 is 5.32 Å². The van der Waals surface area contributed by atoms with Gasteiger partial charge in [0.25, 0.3) is 0 Å². The Labute approximate surface area is 105 Å². The molecule has 90 valence electrons. The zero-order chi connectivity index (χ0) is 12.5. The fraction of sp³-hybridized carbons (Fsp3) is 0.143. The SMILES string of the molecule is Cc1cc(Nc2ccn(C)n2)c2ccccc2n1. The number of benzene rings is 1. The summed E-state index contributed by atoms with van der Waals surface area (Å²) in [7, 11) is 1.90. The van der Waals surface area contributed by atoms with E-state index >= 15 is 0 Å². The molecule has 0 amide bonds. The van der Waals surface area contributed by atoms with Crippen LogP contribution in [0.1, 0.15) is 5.69 Å². The van der Waals surface area contributed by atoms with Crippen LogP contribution in [0.25, 0.3) is 10.9 Å². The predicted molar refractivity (Wildman–Crippen MR) is 73.0 cm³/mol. The Bertz CT molecular complexity index is 700. The van der Waals surface area contributed by atoms with Gasteiger partial charge in [0, 0.05) is 30.4 Å². The van der Waals surface area contributed by atoms with Crippen LogP contribution in [-0.4, -0.2) is 14.8 Å². The molecule has 0 aliphatic rings. The summed E-state index contributed by atoms with van der Waals surface area (Å²) in [6, 6.07) is 12.1. The van der Waals surface area contributed by atoms with Crippen LogP contribution in [0.15, 0.2) is 42.6 Å². The molecule has 3 rings (SSSR count). The van der Waals surface area contributed by atoms with E-state index < -0.39 is 0 Å². The number of pyridine rings is 1. The first kappa shape index (κ1) is 10.8. The van der Waals surface area contributed by atoms with Crippen LogP contribution in [0.4, 0.5) is 11.5 Å². The lowest BCUT2D eigenvalue weighted by Crippen LogP contribution is -1.96. The van der Waals surface area contributed by atoms with Crippen LogP contribution >= 0.6 is 0 Å². The third kappa shape index (κ3) is 1.93. The van der Waals surface area contributed by atoms with Crippen molar-refractivity contribution in [2.24, 2.45) is 7.05 Å². The molecule has 0 aliphatic heterocycles. The molecule has 0 bridgehead atoms. The fourth-order valence-electron chi connectivity index (χ4n) is 2.03. The Morgan fingerprint density at radius 1 is 1.17 bits per heavy atom. The first-order valence-electron chi connectivity index (χ1n) is 5.85. The maximum atomic E-state index is 4.52. The highest BCUT2D eigenvalue weighted by Crippen LogP contribution is 2.25. The summed E-state index contributed by atoms with van der Waals surface area (Å²) in [6.07, 6.45) is 1.92. The van der Waals surface area contributed by atoms with Crippen LogP contribution in [0.5, 0.6) is 0 Å². The van der Waals surface area contributed by atoms with E-state index in [4.69, 9.17) is 0 Å². The average molecular weight is 238 g/mol. The molecule has 0 fully saturated rings. The number of rotatable bonds is 2. The van der Waals surface area contributed by atoms with Crippen molar-refractivity contribution in [1.82, 2.24) is 14.8 Å². The van der Waals surface area contributed by atoms with Gasteiger partial charge in [-0.3, -0.25) is 9.67 Å². The summed E-state index contributed by atoms with van der Waals surface area (Å²) in [5.74, 6) is 0.841. The minimum Gasteiger partial charge on any atom is -0.338 e. The zero-order valence-corrected chi connectivity index (χ0v) is 10.4. The number of nitrogens with zero attached hydrogens (tertiary/aromatic N) is 3. The van der Waals surface area contributed by atoms with Crippen molar-refractivity contribution in [1.29, 1.82) is 0 Å². The fourth-order valence-corrected chi connectivity index (χ4v) is 2.03. The van der Waals surface area contributed by atoms with Crippen molar-refractivity contribution in [2.45, 2.75) is 6.92 Å². The second-order valence-corrected chi connectivity index (χ2v) is 4.33. The molecule has 1 N–H and O–H groups in total. The molecule has 2 aromatic heterocycles. The number of hydrogen-bond donors (Lipinski definition) is 1. The second-order valence-electron chi connectivity index (χ2n) is 4.33. The third-order valence-electron chi connectivity index (χ3n) is 2.82. The Balaban J connectivity index is 2.10. The first-order chi connectivity index (χ1) is 8.72. The van der Waals surface area contributed by atoms with Gasteiger partial charge in [0.2, 0.25) is 0 Å². The van der Waals surface area contributed by atoms with E-state index in [1.807, 2.05) is 50.5 Å². The molecule has 0 aliphatic carbocycles. The molecule has 18 heavy (non-hydrogen) atoms. The van der Waals surface area contributed by atoms with Crippen LogP contribution in [-0.2, 0) is 7.05 Å². The van der Waals surface area contributed by atoms with Crippen LogP contribution in [0.2, 0.25) is 0 Å². The van der Waals surface area contributed by atoms with E-state index in [0.717, 1.165) is 28.1 Å². The van der Waals surface area contributed by atoms with Crippen molar-refractivity contribution in [2.75, 3.05) is 5.32 Å². The van der Waals surface area contributed by atoms with Gasteiger partial charge < -0.3 is 5.32 Å². The Kier molecular flexibility index (Phi) is 2.48. The molecule has 0 spiro atoms. The average Bonchev–Trinajstić information content (AvgIpc) is 2.74. The molecule has 0 unspecified atom stereocenters. The van der Waals surface area contributed by atoms with Gasteiger partial charge in [-0.25, -0.2) is 0 Å². The summed E-state index contributed by atoms with van der Waals surface area (Å²) in [5.41, 5.74) is 3.03. The molecule has 0 saturated carbocycles. The number of hydrogen-bond acceptors (Lipinski definition) is 3. The number of anilines is 2. The van der Waals surface area contributed by atoms with Crippen molar-refractivity contribution < 1.29 is 0 Å². The molecular weight excluding hydrogens is 224 g/mol. The molecule has 0 saturated heterocycles. The Morgan fingerprint density at radius 3 is 2.78 bits per heavy atom. The number of aromatic nitrogens is 3. The van der Waals surface area contributed by atoms with Gasteiger partial charge in [0.15, 0.2) is 5.82 Å². The van der Waals surface area contributed by atoms with E-state index in [1.54, 1.807) is 4.68 Å². The molecule has 0 radical (unpaired) electrons. The summed E-state index contributed by atoms with van der Waals surface area (Å²) in [5, 5.41) is 8.77. The van der Waals surface area contributed by atoms with Crippen molar-refractivity contribution >= 4 is 22.4 Å². The van der Waals surface area contributed by atoms with Gasteiger partial charge in [-0.05, 0) is 19.1 Å². The number of aryl methyl sites for hydroxylation is 2.